The average Bonchev–Trinajstić information content (AvgIpc) is 2.42. The number of halogens is 1. The monoisotopic (exact) mass is 299 g/mol. The fourth-order valence-electron chi connectivity index (χ4n) is 1.93. The van der Waals surface area contributed by atoms with Crippen molar-refractivity contribution in [2.24, 2.45) is 16.8 Å². The van der Waals surface area contributed by atoms with Crippen molar-refractivity contribution in [1.29, 1.82) is 0 Å². The third kappa shape index (κ3) is 4.58. The molecule has 0 saturated heterocycles. The average molecular weight is 300 g/mol. The fourth-order valence-corrected chi connectivity index (χ4v) is 2.20. The lowest BCUT2D eigenvalue weighted by atomic mass is 10.1. The van der Waals surface area contributed by atoms with E-state index >= 15 is 0 Å². The van der Waals surface area contributed by atoms with Crippen molar-refractivity contribution in [1.82, 2.24) is 0 Å². The zero-order chi connectivity index (χ0) is 15.1. The van der Waals surface area contributed by atoms with Crippen LogP contribution in [-0.4, -0.2) is 37.8 Å². The van der Waals surface area contributed by atoms with E-state index in [0.29, 0.717) is 23.1 Å². The van der Waals surface area contributed by atoms with Crippen LogP contribution in [0.15, 0.2) is 23.4 Å². The number of anilines is 1. The van der Waals surface area contributed by atoms with Crippen molar-refractivity contribution < 1.29 is 9.94 Å². The standard InChI is InChI=1S/C14H22ClN3O2/c1-10(2)9-18(6-7-20-3)11-4-5-12(13(15)8-11)14(16)17-19/h4-5,8,10,19H,6-7,9H2,1-3H3,(H2,16,17). The minimum absolute atomic E-state index is 0.00820. The molecule has 0 saturated carbocycles. The topological polar surface area (TPSA) is 71.1 Å². The van der Waals surface area contributed by atoms with Gasteiger partial charge in [0, 0.05) is 31.5 Å². The van der Waals surface area contributed by atoms with Crippen molar-refractivity contribution in [3.05, 3.63) is 28.8 Å². The lowest BCUT2D eigenvalue weighted by molar-refractivity contribution is 0.204. The van der Waals surface area contributed by atoms with Gasteiger partial charge in [-0.25, -0.2) is 0 Å². The quantitative estimate of drug-likeness (QED) is 0.351. The van der Waals surface area contributed by atoms with Crippen LogP contribution in [0.5, 0.6) is 0 Å². The molecule has 112 valence electrons. The van der Waals surface area contributed by atoms with Crippen molar-refractivity contribution in [3.8, 4) is 0 Å². The van der Waals surface area contributed by atoms with Crippen molar-refractivity contribution >= 4 is 23.1 Å². The highest BCUT2D eigenvalue weighted by molar-refractivity contribution is 6.34. The van der Waals surface area contributed by atoms with E-state index in [1.165, 1.54) is 0 Å². The normalized spacial score (nSPS) is 11.9. The van der Waals surface area contributed by atoms with Gasteiger partial charge in [0.15, 0.2) is 5.84 Å². The number of hydrogen-bond acceptors (Lipinski definition) is 4. The molecule has 0 unspecified atom stereocenters. The molecule has 0 heterocycles. The molecular weight excluding hydrogens is 278 g/mol. The summed E-state index contributed by atoms with van der Waals surface area (Å²) in [6.45, 7) is 6.65. The smallest absolute Gasteiger partial charge is 0.171 e. The summed E-state index contributed by atoms with van der Waals surface area (Å²) >= 11 is 6.19. The second-order valence-electron chi connectivity index (χ2n) is 4.98. The van der Waals surface area contributed by atoms with Gasteiger partial charge in [-0.3, -0.25) is 0 Å². The summed E-state index contributed by atoms with van der Waals surface area (Å²) in [6.07, 6.45) is 0. The van der Waals surface area contributed by atoms with Gasteiger partial charge in [-0.05, 0) is 24.1 Å². The van der Waals surface area contributed by atoms with Crippen LogP contribution < -0.4 is 10.6 Å². The van der Waals surface area contributed by atoms with E-state index in [1.54, 1.807) is 13.2 Å². The van der Waals surface area contributed by atoms with E-state index in [2.05, 4.69) is 23.9 Å². The van der Waals surface area contributed by atoms with Gasteiger partial charge < -0.3 is 20.6 Å². The van der Waals surface area contributed by atoms with Gasteiger partial charge in [-0.15, -0.1) is 0 Å². The number of nitrogens with zero attached hydrogens (tertiary/aromatic N) is 2. The highest BCUT2D eigenvalue weighted by Gasteiger charge is 2.12. The summed E-state index contributed by atoms with van der Waals surface area (Å²) in [6, 6.07) is 5.50. The predicted octanol–water partition coefficient (Wildman–Crippen LogP) is 2.54. The molecule has 0 fully saturated rings. The summed E-state index contributed by atoms with van der Waals surface area (Å²) in [4.78, 5) is 2.20. The Kier molecular flexibility index (Phi) is 6.61. The summed E-state index contributed by atoms with van der Waals surface area (Å²) in [5.41, 5.74) is 7.08. The number of hydrogen-bond donors (Lipinski definition) is 2. The Morgan fingerprint density at radius 3 is 2.70 bits per heavy atom. The van der Waals surface area contributed by atoms with E-state index < -0.39 is 0 Å². The van der Waals surface area contributed by atoms with Crippen LogP contribution in [0.3, 0.4) is 0 Å². The van der Waals surface area contributed by atoms with Crippen LogP contribution in [0.2, 0.25) is 5.02 Å². The second kappa shape index (κ2) is 7.97. The maximum absolute atomic E-state index is 8.70. The second-order valence-corrected chi connectivity index (χ2v) is 5.39. The number of amidine groups is 1. The number of methoxy groups -OCH3 is 1. The van der Waals surface area contributed by atoms with Gasteiger partial charge >= 0.3 is 0 Å². The molecular formula is C14H22ClN3O2. The van der Waals surface area contributed by atoms with Crippen LogP contribution in [0, 0.1) is 5.92 Å². The van der Waals surface area contributed by atoms with E-state index in [0.717, 1.165) is 18.8 Å². The molecule has 0 radical (unpaired) electrons. The maximum Gasteiger partial charge on any atom is 0.171 e. The van der Waals surface area contributed by atoms with Gasteiger partial charge in [0.05, 0.1) is 11.6 Å². The summed E-state index contributed by atoms with van der Waals surface area (Å²) in [5.74, 6) is 0.531. The lowest BCUT2D eigenvalue weighted by Crippen LogP contribution is -2.31. The first-order valence-electron chi connectivity index (χ1n) is 6.51. The van der Waals surface area contributed by atoms with Gasteiger partial charge in [-0.1, -0.05) is 30.6 Å². The van der Waals surface area contributed by atoms with Gasteiger partial charge in [0.2, 0.25) is 0 Å². The van der Waals surface area contributed by atoms with Crippen molar-refractivity contribution in [2.75, 3.05) is 31.7 Å². The third-order valence-corrected chi connectivity index (χ3v) is 3.17. The van der Waals surface area contributed by atoms with Crippen molar-refractivity contribution in [2.45, 2.75) is 13.8 Å². The first-order valence-corrected chi connectivity index (χ1v) is 6.88. The molecule has 6 heteroatoms. The number of ether oxygens (including phenoxy) is 1. The minimum Gasteiger partial charge on any atom is -0.409 e. The van der Waals surface area contributed by atoms with E-state index in [4.69, 9.17) is 27.3 Å². The van der Waals surface area contributed by atoms with Gasteiger partial charge in [0.1, 0.15) is 0 Å². The van der Waals surface area contributed by atoms with Crippen LogP contribution in [0.1, 0.15) is 19.4 Å². The Morgan fingerprint density at radius 2 is 2.20 bits per heavy atom. The Hall–Kier alpha value is -1.46. The van der Waals surface area contributed by atoms with Crippen molar-refractivity contribution in [3.63, 3.8) is 0 Å². The van der Waals surface area contributed by atoms with Gasteiger partial charge in [-0.2, -0.15) is 0 Å². The summed E-state index contributed by atoms with van der Waals surface area (Å²) < 4.78 is 5.14. The Labute approximate surface area is 125 Å². The van der Waals surface area contributed by atoms with Crippen LogP contribution >= 0.6 is 11.6 Å². The Bertz CT molecular complexity index is 464. The maximum atomic E-state index is 8.70. The molecule has 0 aliphatic carbocycles. The Morgan fingerprint density at radius 1 is 1.50 bits per heavy atom. The highest BCUT2D eigenvalue weighted by atomic mass is 35.5. The van der Waals surface area contributed by atoms with Crippen LogP contribution in [0.25, 0.3) is 0 Å². The molecule has 0 aliphatic rings. The molecule has 0 aliphatic heterocycles. The molecule has 20 heavy (non-hydrogen) atoms. The molecule has 1 rings (SSSR count). The molecule has 0 atom stereocenters. The fraction of sp³-hybridized carbons (Fsp3) is 0.500. The molecule has 0 spiro atoms. The zero-order valence-electron chi connectivity index (χ0n) is 12.1. The molecule has 0 bridgehead atoms. The van der Waals surface area contributed by atoms with E-state index in [-0.39, 0.29) is 5.84 Å². The zero-order valence-corrected chi connectivity index (χ0v) is 12.9. The predicted molar refractivity (Wildman–Crippen MR) is 82.9 cm³/mol. The summed E-state index contributed by atoms with van der Waals surface area (Å²) in [5, 5.41) is 12.1. The molecule has 1 aromatic rings. The van der Waals surface area contributed by atoms with E-state index in [9.17, 15) is 0 Å². The molecule has 0 amide bonds. The molecule has 5 nitrogen and oxygen atoms in total. The number of oxime groups is 1. The Balaban J connectivity index is 2.99. The number of benzene rings is 1. The largest absolute Gasteiger partial charge is 0.409 e. The van der Waals surface area contributed by atoms with E-state index in [1.807, 2.05) is 12.1 Å². The molecule has 0 aromatic heterocycles. The molecule has 3 N–H and O–H groups in total. The number of rotatable bonds is 7. The minimum atomic E-state index is 0.00820. The lowest BCUT2D eigenvalue weighted by Gasteiger charge is -2.27. The SMILES string of the molecule is COCCN(CC(C)C)c1ccc(C(N)=NO)c(Cl)c1. The highest BCUT2D eigenvalue weighted by Crippen LogP contribution is 2.24. The first-order chi connectivity index (χ1) is 9.49. The van der Waals surface area contributed by atoms with Crippen LogP contribution in [-0.2, 0) is 4.74 Å². The molecule has 1 aromatic carbocycles. The van der Waals surface area contributed by atoms with Crippen LogP contribution in [0.4, 0.5) is 5.69 Å². The summed E-state index contributed by atoms with van der Waals surface area (Å²) in [7, 11) is 1.68. The first kappa shape index (κ1) is 16.6. The van der Waals surface area contributed by atoms with Gasteiger partial charge in [0.25, 0.3) is 0 Å². The third-order valence-electron chi connectivity index (χ3n) is 2.85. The number of nitrogens with two attached hydrogens (primary N) is 1.